The number of unbranched alkanes of at least 4 members (excludes halogenated alkanes) is 1. The molecule has 0 rings (SSSR count). The quantitative estimate of drug-likeness (QED) is 0.625. The summed E-state index contributed by atoms with van der Waals surface area (Å²) in [5, 5.41) is 3.53. The second kappa shape index (κ2) is 13.4. The average Bonchev–Trinajstić information content (AvgIpc) is 2.34. The van der Waals surface area contributed by atoms with Gasteiger partial charge in [0, 0.05) is 19.6 Å². The summed E-state index contributed by atoms with van der Waals surface area (Å²) < 4.78 is 0. The molecule has 0 saturated heterocycles. The van der Waals surface area contributed by atoms with Crippen molar-refractivity contribution in [3.8, 4) is 0 Å². The normalized spacial score (nSPS) is 11.3. The first kappa shape index (κ1) is 20.2. The van der Waals surface area contributed by atoms with Crippen LogP contribution in [0.3, 0.4) is 0 Å². The molecule has 0 unspecified atom stereocenters. The van der Waals surface area contributed by atoms with Gasteiger partial charge in [-0.2, -0.15) is 0 Å². The van der Waals surface area contributed by atoms with E-state index in [1.54, 1.807) is 0 Å². The molecule has 0 aromatic carbocycles. The number of rotatable bonds is 9. The molecule has 2 heteroatoms. The summed E-state index contributed by atoms with van der Waals surface area (Å²) in [6, 6.07) is 0. The van der Waals surface area contributed by atoms with Crippen LogP contribution in [0.2, 0.25) is 0 Å². The standard InChI is InChI=1S/C12H28N2.C4H10/c1-6-8-12(3,4)11-13-9-10-14(5)7-2;1-3-4-2/h13H,6-11H2,1-5H3;3-4H2,1-2H3. The molecule has 1 N–H and O–H groups in total. The average molecular weight is 258 g/mol. The van der Waals surface area contributed by atoms with Crippen molar-refractivity contribution in [2.24, 2.45) is 5.41 Å². The number of hydrogen-bond acceptors (Lipinski definition) is 2. The molecule has 112 valence electrons. The Labute approximate surface area is 117 Å². The Morgan fingerprint density at radius 1 is 0.944 bits per heavy atom. The third kappa shape index (κ3) is 15.9. The molecular formula is C16H38N2. The minimum absolute atomic E-state index is 0.458. The van der Waals surface area contributed by atoms with Crippen LogP contribution in [-0.2, 0) is 0 Å². The van der Waals surface area contributed by atoms with Gasteiger partial charge in [0.25, 0.3) is 0 Å². The van der Waals surface area contributed by atoms with Crippen molar-refractivity contribution < 1.29 is 0 Å². The summed E-state index contributed by atoms with van der Waals surface area (Å²) >= 11 is 0. The van der Waals surface area contributed by atoms with Crippen LogP contribution in [0, 0.1) is 5.41 Å². The molecule has 0 aromatic rings. The van der Waals surface area contributed by atoms with Crippen molar-refractivity contribution in [3.05, 3.63) is 0 Å². The van der Waals surface area contributed by atoms with Gasteiger partial charge in [-0.15, -0.1) is 0 Å². The van der Waals surface area contributed by atoms with Gasteiger partial charge < -0.3 is 10.2 Å². The Hall–Kier alpha value is -0.0800. The Morgan fingerprint density at radius 2 is 1.50 bits per heavy atom. The fourth-order valence-corrected chi connectivity index (χ4v) is 1.62. The molecule has 0 aromatic heterocycles. The first-order valence-corrected chi connectivity index (χ1v) is 7.82. The van der Waals surface area contributed by atoms with E-state index in [0.29, 0.717) is 5.41 Å². The molecule has 0 spiro atoms. The van der Waals surface area contributed by atoms with Crippen LogP contribution in [0.1, 0.15) is 67.2 Å². The number of nitrogens with one attached hydrogen (secondary N) is 1. The van der Waals surface area contributed by atoms with Crippen molar-refractivity contribution in [2.75, 3.05) is 33.2 Å². The molecule has 2 nitrogen and oxygen atoms in total. The second-order valence-corrected chi connectivity index (χ2v) is 5.99. The monoisotopic (exact) mass is 258 g/mol. The third-order valence-electron chi connectivity index (χ3n) is 3.24. The number of nitrogens with zero attached hydrogens (tertiary/aromatic N) is 1. The summed E-state index contributed by atoms with van der Waals surface area (Å²) in [5.74, 6) is 0. The maximum atomic E-state index is 3.53. The lowest BCUT2D eigenvalue weighted by atomic mass is 9.88. The lowest BCUT2D eigenvalue weighted by Gasteiger charge is -2.25. The highest BCUT2D eigenvalue weighted by molar-refractivity contribution is 4.70. The van der Waals surface area contributed by atoms with E-state index in [-0.39, 0.29) is 0 Å². The maximum absolute atomic E-state index is 3.53. The number of hydrogen-bond donors (Lipinski definition) is 1. The summed E-state index contributed by atoms with van der Waals surface area (Å²) in [5.41, 5.74) is 0.458. The van der Waals surface area contributed by atoms with E-state index in [2.05, 4.69) is 58.8 Å². The van der Waals surface area contributed by atoms with Crippen molar-refractivity contribution >= 4 is 0 Å². The second-order valence-electron chi connectivity index (χ2n) is 5.99. The highest BCUT2D eigenvalue weighted by Crippen LogP contribution is 2.20. The van der Waals surface area contributed by atoms with E-state index in [1.807, 2.05) is 0 Å². The highest BCUT2D eigenvalue weighted by Gasteiger charge is 2.15. The summed E-state index contributed by atoms with van der Waals surface area (Å²) in [4.78, 5) is 2.33. The molecule has 0 bridgehead atoms. The Balaban J connectivity index is 0. The third-order valence-corrected chi connectivity index (χ3v) is 3.24. The van der Waals surface area contributed by atoms with E-state index in [4.69, 9.17) is 0 Å². The fraction of sp³-hybridized carbons (Fsp3) is 1.00. The van der Waals surface area contributed by atoms with E-state index in [1.165, 1.54) is 25.7 Å². The molecular weight excluding hydrogens is 220 g/mol. The zero-order valence-electron chi connectivity index (χ0n) is 14.1. The Morgan fingerprint density at radius 3 is 1.89 bits per heavy atom. The summed E-state index contributed by atoms with van der Waals surface area (Å²) in [7, 11) is 2.17. The van der Waals surface area contributed by atoms with E-state index >= 15 is 0 Å². The van der Waals surface area contributed by atoms with Crippen LogP contribution in [0.5, 0.6) is 0 Å². The van der Waals surface area contributed by atoms with Gasteiger partial charge in [-0.1, -0.05) is 60.8 Å². The van der Waals surface area contributed by atoms with Gasteiger partial charge in [0.15, 0.2) is 0 Å². The van der Waals surface area contributed by atoms with Crippen molar-refractivity contribution in [1.29, 1.82) is 0 Å². The molecule has 0 aliphatic heterocycles. The molecule has 0 amide bonds. The zero-order chi connectivity index (χ0) is 14.4. The van der Waals surface area contributed by atoms with Crippen LogP contribution in [-0.4, -0.2) is 38.1 Å². The smallest absolute Gasteiger partial charge is 0.0104 e. The van der Waals surface area contributed by atoms with Crippen molar-refractivity contribution in [3.63, 3.8) is 0 Å². The zero-order valence-corrected chi connectivity index (χ0v) is 14.1. The van der Waals surface area contributed by atoms with Crippen LogP contribution in [0.4, 0.5) is 0 Å². The molecule has 0 fully saturated rings. The van der Waals surface area contributed by atoms with E-state index in [0.717, 1.165) is 26.2 Å². The highest BCUT2D eigenvalue weighted by atomic mass is 15.1. The lowest BCUT2D eigenvalue weighted by Crippen LogP contribution is -2.35. The largest absolute Gasteiger partial charge is 0.315 e. The maximum Gasteiger partial charge on any atom is 0.0104 e. The van der Waals surface area contributed by atoms with Gasteiger partial charge >= 0.3 is 0 Å². The van der Waals surface area contributed by atoms with E-state index < -0.39 is 0 Å². The van der Waals surface area contributed by atoms with Crippen LogP contribution < -0.4 is 5.32 Å². The van der Waals surface area contributed by atoms with E-state index in [9.17, 15) is 0 Å². The number of likely N-dealkylation sites (N-methyl/N-ethyl adjacent to an activating group) is 1. The first-order valence-electron chi connectivity index (χ1n) is 7.82. The first-order chi connectivity index (χ1) is 8.43. The van der Waals surface area contributed by atoms with Crippen molar-refractivity contribution in [1.82, 2.24) is 10.2 Å². The van der Waals surface area contributed by atoms with Gasteiger partial charge in [-0.25, -0.2) is 0 Å². The van der Waals surface area contributed by atoms with Crippen LogP contribution >= 0.6 is 0 Å². The summed E-state index contributed by atoms with van der Waals surface area (Å²) in [6.07, 6.45) is 5.23. The molecule has 18 heavy (non-hydrogen) atoms. The molecule has 0 radical (unpaired) electrons. The molecule has 0 heterocycles. The molecule has 0 aliphatic rings. The Kier molecular flexibility index (Phi) is 15.0. The van der Waals surface area contributed by atoms with Crippen molar-refractivity contribution in [2.45, 2.75) is 67.2 Å². The fourth-order valence-electron chi connectivity index (χ4n) is 1.62. The summed E-state index contributed by atoms with van der Waals surface area (Å²) in [6.45, 7) is 18.0. The van der Waals surface area contributed by atoms with Crippen LogP contribution in [0.15, 0.2) is 0 Å². The van der Waals surface area contributed by atoms with Crippen LogP contribution in [0.25, 0.3) is 0 Å². The van der Waals surface area contributed by atoms with Gasteiger partial charge in [0.1, 0.15) is 0 Å². The predicted octanol–water partition coefficient (Wildman–Crippen LogP) is 4.16. The van der Waals surface area contributed by atoms with Gasteiger partial charge in [0.2, 0.25) is 0 Å². The van der Waals surface area contributed by atoms with Gasteiger partial charge in [-0.3, -0.25) is 0 Å². The lowest BCUT2D eigenvalue weighted by molar-refractivity contribution is 0.293. The predicted molar refractivity (Wildman–Crippen MR) is 85.3 cm³/mol. The minimum Gasteiger partial charge on any atom is -0.315 e. The van der Waals surface area contributed by atoms with Gasteiger partial charge in [-0.05, 0) is 25.4 Å². The minimum atomic E-state index is 0.458. The topological polar surface area (TPSA) is 15.3 Å². The Bertz CT molecular complexity index is 153. The SMILES string of the molecule is CCCC.CCCC(C)(C)CNCCN(C)CC. The molecule has 0 aliphatic carbocycles. The van der Waals surface area contributed by atoms with Gasteiger partial charge in [0.05, 0.1) is 0 Å². The molecule has 0 atom stereocenters. The molecule has 0 saturated carbocycles.